The van der Waals surface area contributed by atoms with Crippen molar-refractivity contribution in [1.29, 1.82) is 0 Å². The number of pyridine rings is 1. The van der Waals surface area contributed by atoms with Crippen molar-refractivity contribution in [2.75, 3.05) is 11.4 Å². The second kappa shape index (κ2) is 5.27. The van der Waals surface area contributed by atoms with Gasteiger partial charge < -0.3 is 9.32 Å². The van der Waals surface area contributed by atoms with Crippen LogP contribution in [0.3, 0.4) is 0 Å². The molecule has 118 valence electrons. The van der Waals surface area contributed by atoms with E-state index >= 15 is 0 Å². The average Bonchev–Trinajstić information content (AvgIpc) is 3.00. The molecule has 0 N–H and O–H groups in total. The fraction of sp³-hybridized carbons (Fsp3) is 0.167. The molecule has 1 aliphatic heterocycles. The van der Waals surface area contributed by atoms with E-state index in [2.05, 4.69) is 54.0 Å². The first-order valence-corrected chi connectivity index (χ1v) is 8.59. The quantitative estimate of drug-likeness (QED) is 0.497. The Hall–Kier alpha value is -2.47. The zero-order valence-electron chi connectivity index (χ0n) is 12.7. The third-order valence-corrected chi connectivity index (χ3v) is 4.98. The molecule has 24 heavy (non-hydrogen) atoms. The average molecular weight is 381 g/mol. The fourth-order valence-electron chi connectivity index (χ4n) is 3.33. The van der Waals surface area contributed by atoms with E-state index in [1.807, 2.05) is 12.1 Å². The molecule has 3 aromatic heterocycles. The van der Waals surface area contributed by atoms with Crippen LogP contribution in [-0.4, -0.2) is 21.5 Å². The second-order valence-electron chi connectivity index (χ2n) is 5.92. The van der Waals surface area contributed by atoms with Crippen molar-refractivity contribution in [3.63, 3.8) is 0 Å². The number of benzene rings is 1. The Morgan fingerprint density at radius 1 is 1.08 bits per heavy atom. The first kappa shape index (κ1) is 13.9. The molecular formula is C18H13BrN4O. The van der Waals surface area contributed by atoms with E-state index in [-0.39, 0.29) is 0 Å². The van der Waals surface area contributed by atoms with Gasteiger partial charge in [0.25, 0.3) is 0 Å². The zero-order valence-corrected chi connectivity index (χ0v) is 14.3. The standard InChI is InChI=1S/C18H13BrN4O/c19-13-4-3-12-9-23(7-5-11(12)8-13)17-16-15(21-10-22-17)14-2-1-6-20-18(14)24-16/h1-4,6,8,10H,5,7,9H2. The summed E-state index contributed by atoms with van der Waals surface area (Å²) in [5, 5.41) is 0.928. The summed E-state index contributed by atoms with van der Waals surface area (Å²) in [4.78, 5) is 15.4. The lowest BCUT2D eigenvalue weighted by Crippen LogP contribution is -2.31. The maximum Gasteiger partial charge on any atom is 0.229 e. The van der Waals surface area contributed by atoms with Crippen LogP contribution in [-0.2, 0) is 13.0 Å². The number of halogens is 1. The van der Waals surface area contributed by atoms with Crippen LogP contribution in [0, 0.1) is 0 Å². The van der Waals surface area contributed by atoms with E-state index in [0.717, 1.165) is 40.7 Å². The molecule has 1 aliphatic rings. The van der Waals surface area contributed by atoms with Crippen molar-refractivity contribution < 1.29 is 4.42 Å². The molecule has 0 spiro atoms. The Kier molecular flexibility index (Phi) is 3.06. The summed E-state index contributed by atoms with van der Waals surface area (Å²) in [6, 6.07) is 10.3. The summed E-state index contributed by atoms with van der Waals surface area (Å²) in [6.07, 6.45) is 4.32. The predicted octanol–water partition coefficient (Wildman–Crippen LogP) is 4.10. The maximum absolute atomic E-state index is 5.96. The molecule has 5 nitrogen and oxygen atoms in total. The number of rotatable bonds is 1. The number of nitrogens with zero attached hydrogens (tertiary/aromatic N) is 4. The molecule has 5 rings (SSSR count). The van der Waals surface area contributed by atoms with Gasteiger partial charge in [-0.05, 0) is 41.8 Å². The van der Waals surface area contributed by atoms with Crippen LogP contribution in [0.2, 0.25) is 0 Å². The van der Waals surface area contributed by atoms with E-state index < -0.39 is 0 Å². The van der Waals surface area contributed by atoms with Crippen LogP contribution in [0.25, 0.3) is 22.2 Å². The Bertz CT molecular complexity index is 1080. The molecule has 0 amide bonds. The minimum absolute atomic E-state index is 0.607. The van der Waals surface area contributed by atoms with Gasteiger partial charge in [0, 0.05) is 23.8 Å². The van der Waals surface area contributed by atoms with Gasteiger partial charge in [0.2, 0.25) is 5.71 Å². The second-order valence-corrected chi connectivity index (χ2v) is 6.83. The maximum atomic E-state index is 5.96. The summed E-state index contributed by atoms with van der Waals surface area (Å²) >= 11 is 3.55. The van der Waals surface area contributed by atoms with Gasteiger partial charge in [0.1, 0.15) is 11.8 Å². The highest BCUT2D eigenvalue weighted by Crippen LogP contribution is 2.33. The van der Waals surface area contributed by atoms with Crippen LogP contribution in [0.4, 0.5) is 5.82 Å². The van der Waals surface area contributed by atoms with Crippen molar-refractivity contribution >= 4 is 43.9 Å². The molecule has 0 radical (unpaired) electrons. The third-order valence-electron chi connectivity index (χ3n) is 4.49. The number of hydrogen-bond donors (Lipinski definition) is 0. The summed E-state index contributed by atoms with van der Waals surface area (Å²) < 4.78 is 7.09. The normalized spacial score (nSPS) is 14.3. The number of hydrogen-bond acceptors (Lipinski definition) is 5. The molecule has 0 saturated carbocycles. The molecule has 0 fully saturated rings. The van der Waals surface area contributed by atoms with Crippen molar-refractivity contribution in [3.05, 3.63) is 58.5 Å². The minimum Gasteiger partial charge on any atom is -0.432 e. The van der Waals surface area contributed by atoms with Crippen LogP contribution in [0.1, 0.15) is 11.1 Å². The lowest BCUT2D eigenvalue weighted by molar-refractivity contribution is 0.640. The first-order chi connectivity index (χ1) is 11.8. The molecule has 0 saturated heterocycles. The van der Waals surface area contributed by atoms with Gasteiger partial charge in [0.05, 0.1) is 5.39 Å². The largest absolute Gasteiger partial charge is 0.432 e. The highest BCUT2D eigenvalue weighted by molar-refractivity contribution is 9.10. The van der Waals surface area contributed by atoms with E-state index in [4.69, 9.17) is 4.42 Å². The summed E-state index contributed by atoms with van der Waals surface area (Å²) in [5.74, 6) is 0.839. The molecule has 4 aromatic rings. The van der Waals surface area contributed by atoms with Gasteiger partial charge in [-0.1, -0.05) is 22.0 Å². The van der Waals surface area contributed by atoms with Crippen molar-refractivity contribution in [2.24, 2.45) is 0 Å². The highest BCUT2D eigenvalue weighted by atomic mass is 79.9. The Morgan fingerprint density at radius 3 is 3.00 bits per heavy atom. The summed E-state index contributed by atoms with van der Waals surface area (Å²) in [5.41, 5.74) is 4.86. The molecule has 0 atom stereocenters. The SMILES string of the molecule is Brc1ccc2c(c1)CCN(c1ncnc3c1oc1ncccc13)C2. The fourth-order valence-corrected chi connectivity index (χ4v) is 3.74. The van der Waals surface area contributed by atoms with Gasteiger partial charge >= 0.3 is 0 Å². The van der Waals surface area contributed by atoms with Crippen molar-refractivity contribution in [3.8, 4) is 0 Å². The van der Waals surface area contributed by atoms with E-state index in [9.17, 15) is 0 Å². The van der Waals surface area contributed by atoms with Crippen molar-refractivity contribution in [1.82, 2.24) is 15.0 Å². The smallest absolute Gasteiger partial charge is 0.229 e. The third kappa shape index (κ3) is 2.10. The zero-order chi connectivity index (χ0) is 16.1. The van der Waals surface area contributed by atoms with E-state index in [1.54, 1.807) is 12.5 Å². The molecule has 0 bridgehead atoms. The lowest BCUT2D eigenvalue weighted by atomic mass is 10.00. The predicted molar refractivity (Wildman–Crippen MR) is 96.0 cm³/mol. The van der Waals surface area contributed by atoms with Crippen LogP contribution < -0.4 is 4.90 Å². The number of anilines is 1. The van der Waals surface area contributed by atoms with E-state index in [1.165, 1.54) is 11.1 Å². The van der Waals surface area contributed by atoms with Crippen molar-refractivity contribution in [2.45, 2.75) is 13.0 Å². The van der Waals surface area contributed by atoms with Crippen LogP contribution in [0.5, 0.6) is 0 Å². The monoisotopic (exact) mass is 380 g/mol. The summed E-state index contributed by atoms with van der Waals surface area (Å²) in [6.45, 7) is 1.72. The number of furan rings is 1. The molecule has 0 unspecified atom stereocenters. The topological polar surface area (TPSA) is 55.1 Å². The first-order valence-electron chi connectivity index (χ1n) is 7.80. The molecular weight excluding hydrogens is 368 g/mol. The van der Waals surface area contributed by atoms with E-state index in [0.29, 0.717) is 11.3 Å². The lowest BCUT2D eigenvalue weighted by Gasteiger charge is -2.29. The van der Waals surface area contributed by atoms with Gasteiger partial charge in [-0.25, -0.2) is 15.0 Å². The van der Waals surface area contributed by atoms with Gasteiger partial charge in [-0.2, -0.15) is 0 Å². The summed E-state index contributed by atoms with van der Waals surface area (Å²) in [7, 11) is 0. The number of fused-ring (bicyclic) bond motifs is 4. The Morgan fingerprint density at radius 2 is 2.04 bits per heavy atom. The Balaban J connectivity index is 1.63. The Labute approximate surface area is 146 Å². The van der Waals surface area contributed by atoms with Crippen LogP contribution in [0.15, 0.2) is 51.7 Å². The molecule has 6 heteroatoms. The van der Waals surface area contributed by atoms with Crippen LogP contribution >= 0.6 is 15.9 Å². The van der Waals surface area contributed by atoms with Gasteiger partial charge in [-0.3, -0.25) is 0 Å². The number of aromatic nitrogens is 3. The molecule has 0 aliphatic carbocycles. The highest BCUT2D eigenvalue weighted by Gasteiger charge is 2.22. The molecule has 4 heterocycles. The minimum atomic E-state index is 0.607. The molecule has 1 aromatic carbocycles. The van der Waals surface area contributed by atoms with Gasteiger partial charge in [-0.15, -0.1) is 0 Å². The van der Waals surface area contributed by atoms with Gasteiger partial charge in [0.15, 0.2) is 11.4 Å².